The SMILES string of the molecule is O=C(NCC(=O)N1CCN(Cc2ccccc2)CC1)c1ccc2c(c1)OCO2. The molecule has 2 aromatic rings. The fourth-order valence-corrected chi connectivity index (χ4v) is 3.40. The van der Waals surface area contributed by atoms with E-state index in [1.165, 1.54) is 5.56 Å². The van der Waals surface area contributed by atoms with Gasteiger partial charge in [0.05, 0.1) is 6.54 Å². The number of ether oxygens (including phenoxy) is 2. The molecule has 2 heterocycles. The van der Waals surface area contributed by atoms with Crippen LogP contribution in [0.4, 0.5) is 0 Å². The van der Waals surface area contributed by atoms with Crippen molar-refractivity contribution in [3.8, 4) is 11.5 Å². The second-order valence-corrected chi connectivity index (χ2v) is 6.89. The average Bonchev–Trinajstić information content (AvgIpc) is 3.21. The zero-order valence-electron chi connectivity index (χ0n) is 15.6. The highest BCUT2D eigenvalue weighted by Crippen LogP contribution is 2.32. The van der Waals surface area contributed by atoms with Gasteiger partial charge < -0.3 is 19.7 Å². The molecule has 0 spiro atoms. The van der Waals surface area contributed by atoms with Gasteiger partial charge in [-0.2, -0.15) is 0 Å². The van der Waals surface area contributed by atoms with Crippen molar-refractivity contribution >= 4 is 11.8 Å². The van der Waals surface area contributed by atoms with E-state index < -0.39 is 0 Å². The second-order valence-electron chi connectivity index (χ2n) is 6.89. The van der Waals surface area contributed by atoms with Crippen LogP contribution in [0.15, 0.2) is 48.5 Å². The third-order valence-corrected chi connectivity index (χ3v) is 5.01. The largest absolute Gasteiger partial charge is 0.454 e. The van der Waals surface area contributed by atoms with Crippen LogP contribution in [0.25, 0.3) is 0 Å². The molecule has 1 fully saturated rings. The molecule has 4 rings (SSSR count). The minimum Gasteiger partial charge on any atom is -0.454 e. The molecular weight excluding hydrogens is 358 g/mol. The quantitative estimate of drug-likeness (QED) is 0.850. The summed E-state index contributed by atoms with van der Waals surface area (Å²) in [6.45, 7) is 4.05. The maximum absolute atomic E-state index is 12.4. The molecule has 0 aromatic heterocycles. The molecule has 0 atom stereocenters. The molecule has 0 unspecified atom stereocenters. The van der Waals surface area contributed by atoms with Crippen LogP contribution in [0.5, 0.6) is 11.5 Å². The Morgan fingerprint density at radius 3 is 2.46 bits per heavy atom. The molecule has 0 radical (unpaired) electrons. The first-order valence-corrected chi connectivity index (χ1v) is 9.41. The van der Waals surface area contributed by atoms with Crippen molar-refractivity contribution in [2.24, 2.45) is 0 Å². The molecule has 2 aromatic carbocycles. The van der Waals surface area contributed by atoms with Gasteiger partial charge >= 0.3 is 0 Å². The van der Waals surface area contributed by atoms with Crippen molar-refractivity contribution in [3.05, 3.63) is 59.7 Å². The number of piperazine rings is 1. The molecule has 0 aliphatic carbocycles. The Morgan fingerprint density at radius 1 is 0.929 bits per heavy atom. The van der Waals surface area contributed by atoms with E-state index in [-0.39, 0.29) is 25.2 Å². The Labute approximate surface area is 163 Å². The van der Waals surface area contributed by atoms with Crippen LogP contribution in [0, 0.1) is 0 Å². The fraction of sp³-hybridized carbons (Fsp3) is 0.333. The molecule has 0 saturated carbocycles. The van der Waals surface area contributed by atoms with Crippen molar-refractivity contribution in [1.29, 1.82) is 0 Å². The molecule has 2 amide bonds. The smallest absolute Gasteiger partial charge is 0.251 e. The standard InChI is InChI=1S/C21H23N3O4/c25-20(13-22-21(26)17-6-7-18-19(12-17)28-15-27-18)24-10-8-23(9-11-24)14-16-4-2-1-3-5-16/h1-7,12H,8-11,13-15H2,(H,22,26). The predicted octanol–water partition coefficient (Wildman–Crippen LogP) is 1.49. The van der Waals surface area contributed by atoms with E-state index in [0.29, 0.717) is 30.2 Å². The number of nitrogens with zero attached hydrogens (tertiary/aromatic N) is 2. The van der Waals surface area contributed by atoms with E-state index in [0.717, 1.165) is 19.6 Å². The van der Waals surface area contributed by atoms with Gasteiger partial charge in [-0.15, -0.1) is 0 Å². The van der Waals surface area contributed by atoms with Gasteiger partial charge in [-0.05, 0) is 23.8 Å². The van der Waals surface area contributed by atoms with Crippen molar-refractivity contribution < 1.29 is 19.1 Å². The van der Waals surface area contributed by atoms with Gasteiger partial charge in [-0.3, -0.25) is 14.5 Å². The summed E-state index contributed by atoms with van der Waals surface area (Å²) in [5.74, 6) is 0.817. The molecule has 7 nitrogen and oxygen atoms in total. The number of carbonyl (C=O) groups is 2. The van der Waals surface area contributed by atoms with E-state index in [9.17, 15) is 9.59 Å². The van der Waals surface area contributed by atoms with Gasteiger partial charge in [-0.1, -0.05) is 30.3 Å². The zero-order chi connectivity index (χ0) is 19.3. The monoisotopic (exact) mass is 381 g/mol. The third-order valence-electron chi connectivity index (χ3n) is 5.01. The first kappa shape index (κ1) is 18.3. The van der Waals surface area contributed by atoms with E-state index >= 15 is 0 Å². The number of hydrogen-bond donors (Lipinski definition) is 1. The Balaban J connectivity index is 1.23. The summed E-state index contributed by atoms with van der Waals surface area (Å²) in [6, 6.07) is 15.3. The highest BCUT2D eigenvalue weighted by Gasteiger charge is 2.22. The average molecular weight is 381 g/mol. The van der Waals surface area contributed by atoms with E-state index in [1.807, 2.05) is 18.2 Å². The van der Waals surface area contributed by atoms with Gasteiger partial charge in [0, 0.05) is 38.3 Å². The Kier molecular flexibility index (Phi) is 5.43. The summed E-state index contributed by atoms with van der Waals surface area (Å²) < 4.78 is 10.5. The molecule has 1 N–H and O–H groups in total. The Morgan fingerprint density at radius 2 is 1.68 bits per heavy atom. The number of nitrogens with one attached hydrogen (secondary N) is 1. The van der Waals surface area contributed by atoms with Crippen molar-refractivity contribution in [1.82, 2.24) is 15.1 Å². The van der Waals surface area contributed by atoms with Crippen LogP contribution in [-0.2, 0) is 11.3 Å². The zero-order valence-corrected chi connectivity index (χ0v) is 15.6. The highest BCUT2D eigenvalue weighted by molar-refractivity contribution is 5.97. The van der Waals surface area contributed by atoms with Crippen LogP contribution in [0.3, 0.4) is 0 Å². The minimum absolute atomic E-state index is 0.00798. The van der Waals surface area contributed by atoms with Crippen LogP contribution in [0.1, 0.15) is 15.9 Å². The summed E-state index contributed by atoms with van der Waals surface area (Å²) in [5.41, 5.74) is 1.72. The number of benzene rings is 2. The van der Waals surface area contributed by atoms with Crippen LogP contribution < -0.4 is 14.8 Å². The Hall–Kier alpha value is -3.06. The number of hydrogen-bond acceptors (Lipinski definition) is 5. The van der Waals surface area contributed by atoms with E-state index in [4.69, 9.17) is 9.47 Å². The third kappa shape index (κ3) is 4.26. The number of carbonyl (C=O) groups excluding carboxylic acids is 2. The van der Waals surface area contributed by atoms with Crippen molar-refractivity contribution in [2.45, 2.75) is 6.54 Å². The van der Waals surface area contributed by atoms with Crippen LogP contribution in [0.2, 0.25) is 0 Å². The molecule has 2 aliphatic heterocycles. The van der Waals surface area contributed by atoms with Crippen molar-refractivity contribution in [2.75, 3.05) is 39.5 Å². The number of amides is 2. The second kappa shape index (κ2) is 8.31. The van der Waals surface area contributed by atoms with Crippen LogP contribution >= 0.6 is 0 Å². The summed E-state index contributed by atoms with van der Waals surface area (Å²) in [4.78, 5) is 28.9. The first-order valence-electron chi connectivity index (χ1n) is 9.41. The summed E-state index contributed by atoms with van der Waals surface area (Å²) in [6.07, 6.45) is 0. The lowest BCUT2D eigenvalue weighted by Gasteiger charge is -2.34. The van der Waals surface area contributed by atoms with Gasteiger partial charge in [-0.25, -0.2) is 0 Å². The van der Waals surface area contributed by atoms with Gasteiger partial charge in [0.25, 0.3) is 5.91 Å². The molecule has 28 heavy (non-hydrogen) atoms. The van der Waals surface area contributed by atoms with Crippen LogP contribution in [-0.4, -0.2) is 61.1 Å². The molecule has 1 saturated heterocycles. The minimum atomic E-state index is -0.297. The van der Waals surface area contributed by atoms with Gasteiger partial charge in [0.2, 0.25) is 12.7 Å². The maximum atomic E-state index is 12.4. The topological polar surface area (TPSA) is 71.1 Å². The molecule has 2 aliphatic rings. The molecule has 146 valence electrons. The van der Waals surface area contributed by atoms with E-state index in [1.54, 1.807) is 23.1 Å². The summed E-state index contributed by atoms with van der Waals surface area (Å²) in [5, 5.41) is 2.70. The first-order chi connectivity index (χ1) is 13.7. The molecule has 0 bridgehead atoms. The predicted molar refractivity (Wildman–Crippen MR) is 103 cm³/mol. The summed E-state index contributed by atoms with van der Waals surface area (Å²) >= 11 is 0. The number of fused-ring (bicyclic) bond motifs is 1. The Bertz CT molecular complexity index is 848. The lowest BCUT2D eigenvalue weighted by molar-refractivity contribution is -0.131. The fourth-order valence-electron chi connectivity index (χ4n) is 3.40. The lowest BCUT2D eigenvalue weighted by Crippen LogP contribution is -2.50. The number of rotatable bonds is 5. The van der Waals surface area contributed by atoms with Gasteiger partial charge in [0.1, 0.15) is 0 Å². The normalized spacial score (nSPS) is 16.1. The van der Waals surface area contributed by atoms with E-state index in [2.05, 4.69) is 22.3 Å². The lowest BCUT2D eigenvalue weighted by atomic mass is 10.2. The maximum Gasteiger partial charge on any atom is 0.251 e. The molecular formula is C21H23N3O4. The highest BCUT2D eigenvalue weighted by atomic mass is 16.7. The van der Waals surface area contributed by atoms with Gasteiger partial charge in [0.15, 0.2) is 11.5 Å². The van der Waals surface area contributed by atoms with Crippen molar-refractivity contribution in [3.63, 3.8) is 0 Å². The summed E-state index contributed by atoms with van der Waals surface area (Å²) in [7, 11) is 0. The molecule has 7 heteroatoms.